The van der Waals surface area contributed by atoms with Gasteiger partial charge >= 0.3 is 5.97 Å². The van der Waals surface area contributed by atoms with Crippen LogP contribution in [0.2, 0.25) is 0 Å². The number of carbonyl (C=O) groups is 1. The molecule has 5 nitrogen and oxygen atoms in total. The van der Waals surface area contributed by atoms with Crippen LogP contribution in [0, 0.1) is 0 Å². The Morgan fingerprint density at radius 3 is 2.57 bits per heavy atom. The van der Waals surface area contributed by atoms with Crippen molar-refractivity contribution in [1.82, 2.24) is 4.31 Å². The summed E-state index contributed by atoms with van der Waals surface area (Å²) in [6, 6.07) is 0. The molecule has 1 aliphatic heterocycles. The third-order valence-electron chi connectivity index (χ3n) is 2.25. The van der Waals surface area contributed by atoms with Crippen LogP contribution >= 0.6 is 0 Å². The van der Waals surface area contributed by atoms with Crippen molar-refractivity contribution < 1.29 is 18.3 Å². The Morgan fingerprint density at radius 1 is 1.36 bits per heavy atom. The summed E-state index contributed by atoms with van der Waals surface area (Å²) in [7, 11) is -3.00. The molecular formula is C8H15NO4S. The molecule has 1 aliphatic rings. The number of rotatable bonds is 5. The fraction of sp³-hybridized carbons (Fsp3) is 0.875. The van der Waals surface area contributed by atoms with E-state index in [1.165, 1.54) is 4.31 Å². The van der Waals surface area contributed by atoms with Gasteiger partial charge in [-0.3, -0.25) is 4.79 Å². The molecule has 1 fully saturated rings. The van der Waals surface area contributed by atoms with E-state index in [9.17, 15) is 13.2 Å². The van der Waals surface area contributed by atoms with Crippen molar-refractivity contribution >= 4 is 16.0 Å². The van der Waals surface area contributed by atoms with Crippen molar-refractivity contribution in [3.05, 3.63) is 0 Å². The number of hydrogen-bond donors (Lipinski definition) is 1. The highest BCUT2D eigenvalue weighted by Crippen LogP contribution is 2.14. The molecule has 14 heavy (non-hydrogen) atoms. The summed E-state index contributed by atoms with van der Waals surface area (Å²) >= 11 is 0. The van der Waals surface area contributed by atoms with E-state index in [2.05, 4.69) is 0 Å². The summed E-state index contributed by atoms with van der Waals surface area (Å²) in [6.45, 7) is 1.06. The van der Waals surface area contributed by atoms with Gasteiger partial charge in [-0.25, -0.2) is 12.7 Å². The molecule has 6 heteroatoms. The van der Waals surface area contributed by atoms with Gasteiger partial charge in [0.25, 0.3) is 0 Å². The van der Waals surface area contributed by atoms with Gasteiger partial charge in [-0.2, -0.15) is 0 Å². The highest BCUT2D eigenvalue weighted by molar-refractivity contribution is 7.89. The van der Waals surface area contributed by atoms with Crippen LogP contribution in [0.1, 0.15) is 25.7 Å². The summed E-state index contributed by atoms with van der Waals surface area (Å²) in [5, 5.41) is 8.38. The Morgan fingerprint density at radius 2 is 2.07 bits per heavy atom. The maximum absolute atomic E-state index is 11.3. The number of hydrogen-bond acceptors (Lipinski definition) is 3. The summed E-state index contributed by atoms with van der Waals surface area (Å²) < 4.78 is 24.1. The minimum atomic E-state index is -3.00. The molecule has 0 aromatic carbocycles. The van der Waals surface area contributed by atoms with Gasteiger partial charge in [0.05, 0.1) is 5.75 Å². The zero-order valence-corrected chi connectivity index (χ0v) is 8.79. The topological polar surface area (TPSA) is 74.7 Å². The van der Waals surface area contributed by atoms with Crippen molar-refractivity contribution in [3.8, 4) is 0 Å². The smallest absolute Gasteiger partial charge is 0.303 e. The van der Waals surface area contributed by atoms with Gasteiger partial charge in [-0.05, 0) is 19.3 Å². The molecule has 1 N–H and O–H groups in total. The Kier molecular flexibility index (Phi) is 3.88. The minimum Gasteiger partial charge on any atom is -0.481 e. The van der Waals surface area contributed by atoms with Crippen molar-refractivity contribution in [2.75, 3.05) is 18.8 Å². The molecule has 0 unspecified atom stereocenters. The maximum Gasteiger partial charge on any atom is 0.303 e. The van der Waals surface area contributed by atoms with Crippen LogP contribution in [-0.4, -0.2) is 42.6 Å². The third-order valence-corrected chi connectivity index (χ3v) is 4.21. The van der Waals surface area contributed by atoms with Crippen LogP contribution in [0.25, 0.3) is 0 Å². The fourth-order valence-electron chi connectivity index (χ4n) is 1.51. The van der Waals surface area contributed by atoms with Gasteiger partial charge in [-0.15, -0.1) is 0 Å². The zero-order valence-electron chi connectivity index (χ0n) is 7.98. The number of nitrogens with zero attached hydrogens (tertiary/aromatic N) is 1. The van der Waals surface area contributed by atoms with E-state index < -0.39 is 16.0 Å². The molecule has 0 aromatic rings. The maximum atomic E-state index is 11.3. The van der Waals surface area contributed by atoms with E-state index in [4.69, 9.17) is 5.11 Å². The molecule has 0 amide bonds. The minimum absolute atomic E-state index is 0.119. The lowest BCUT2D eigenvalue weighted by molar-refractivity contribution is -0.137. The Bertz CT molecular complexity index is 298. The quantitative estimate of drug-likeness (QED) is 0.676. The summed E-state index contributed by atoms with van der Waals surface area (Å²) in [5.74, 6) is -0.583. The van der Waals surface area contributed by atoms with Crippen LogP contribution in [0.3, 0.4) is 0 Å². The Balaban J connectivity index is 2.22. The Labute approximate surface area is 83.8 Å². The van der Waals surface area contributed by atoms with Gasteiger partial charge in [0.2, 0.25) is 10.0 Å². The van der Waals surface area contributed by atoms with E-state index in [0.29, 0.717) is 32.4 Å². The van der Waals surface area contributed by atoms with Gasteiger partial charge in [0.15, 0.2) is 0 Å². The highest BCUT2D eigenvalue weighted by Gasteiger charge is 2.27. The monoisotopic (exact) mass is 221 g/mol. The molecule has 0 saturated carbocycles. The van der Waals surface area contributed by atoms with Gasteiger partial charge in [0.1, 0.15) is 0 Å². The average Bonchev–Trinajstić information content (AvgIpc) is 2.39. The zero-order chi connectivity index (χ0) is 10.6. The SMILES string of the molecule is O=C(O)CCCCN1CCCS1(=O)=O. The molecule has 82 valence electrons. The lowest BCUT2D eigenvalue weighted by Gasteiger charge is -2.12. The van der Waals surface area contributed by atoms with Crippen molar-refractivity contribution in [3.63, 3.8) is 0 Å². The van der Waals surface area contributed by atoms with E-state index in [1.807, 2.05) is 0 Å². The van der Waals surface area contributed by atoms with Crippen LogP contribution in [0.5, 0.6) is 0 Å². The molecule has 1 rings (SSSR count). The number of unbranched alkanes of at least 4 members (excludes halogenated alkanes) is 1. The first-order valence-corrected chi connectivity index (χ1v) is 6.33. The molecule has 0 bridgehead atoms. The summed E-state index contributed by atoms with van der Waals surface area (Å²) in [5.41, 5.74) is 0. The van der Waals surface area contributed by atoms with Crippen molar-refractivity contribution in [2.24, 2.45) is 0 Å². The van der Waals surface area contributed by atoms with Crippen LogP contribution in [-0.2, 0) is 14.8 Å². The first-order valence-electron chi connectivity index (χ1n) is 4.72. The van der Waals surface area contributed by atoms with Crippen LogP contribution < -0.4 is 0 Å². The number of carboxylic acid groups (broad SMARTS) is 1. The first-order chi connectivity index (χ1) is 6.52. The molecule has 0 radical (unpaired) electrons. The average molecular weight is 221 g/mol. The third kappa shape index (κ3) is 3.26. The molecule has 0 aromatic heterocycles. The number of carboxylic acids is 1. The standard InChI is InChI=1S/C8H15NO4S/c10-8(11)4-1-2-5-9-6-3-7-14(9,12)13/h1-7H2,(H,10,11). The van der Waals surface area contributed by atoms with Crippen LogP contribution in [0.4, 0.5) is 0 Å². The van der Waals surface area contributed by atoms with Gasteiger partial charge in [-0.1, -0.05) is 0 Å². The van der Waals surface area contributed by atoms with E-state index in [-0.39, 0.29) is 12.2 Å². The van der Waals surface area contributed by atoms with Crippen LogP contribution in [0.15, 0.2) is 0 Å². The Hall–Kier alpha value is -0.620. The van der Waals surface area contributed by atoms with E-state index >= 15 is 0 Å². The largest absolute Gasteiger partial charge is 0.481 e. The second kappa shape index (κ2) is 4.75. The lowest BCUT2D eigenvalue weighted by atomic mass is 10.2. The first kappa shape index (κ1) is 11.5. The fourth-order valence-corrected chi connectivity index (χ4v) is 3.07. The number of aliphatic carboxylic acids is 1. The second-order valence-corrected chi connectivity index (χ2v) is 5.51. The molecule has 1 saturated heterocycles. The van der Waals surface area contributed by atoms with E-state index in [1.54, 1.807) is 0 Å². The van der Waals surface area contributed by atoms with Gasteiger partial charge in [0, 0.05) is 19.5 Å². The molecule has 0 atom stereocenters. The second-order valence-electron chi connectivity index (χ2n) is 3.42. The number of sulfonamides is 1. The molecule has 0 aliphatic carbocycles. The van der Waals surface area contributed by atoms with Crippen molar-refractivity contribution in [2.45, 2.75) is 25.7 Å². The molecular weight excluding hydrogens is 206 g/mol. The predicted molar refractivity (Wildman–Crippen MR) is 51.5 cm³/mol. The normalized spacial score (nSPS) is 21.1. The lowest BCUT2D eigenvalue weighted by Crippen LogP contribution is -2.26. The predicted octanol–water partition coefficient (Wildman–Crippen LogP) is 0.277. The highest BCUT2D eigenvalue weighted by atomic mass is 32.2. The van der Waals surface area contributed by atoms with Crippen molar-refractivity contribution in [1.29, 1.82) is 0 Å². The van der Waals surface area contributed by atoms with E-state index in [0.717, 1.165) is 0 Å². The molecule has 1 heterocycles. The summed E-state index contributed by atoms with van der Waals surface area (Å²) in [6.07, 6.45) is 1.99. The summed E-state index contributed by atoms with van der Waals surface area (Å²) in [4.78, 5) is 10.2. The van der Waals surface area contributed by atoms with Gasteiger partial charge < -0.3 is 5.11 Å². The molecule has 0 spiro atoms.